The summed E-state index contributed by atoms with van der Waals surface area (Å²) in [6.45, 7) is 8.11. The molecule has 2 rings (SSSR count). The van der Waals surface area contributed by atoms with Crippen LogP contribution in [0.2, 0.25) is 0 Å². The van der Waals surface area contributed by atoms with E-state index in [1.165, 1.54) is 0 Å². The number of nitrogens with one attached hydrogen (secondary N) is 2. The fourth-order valence-corrected chi connectivity index (χ4v) is 2.12. The molecule has 6 nitrogen and oxygen atoms in total. The predicted molar refractivity (Wildman–Crippen MR) is 93.7 cm³/mol. The van der Waals surface area contributed by atoms with Gasteiger partial charge in [-0.2, -0.15) is 0 Å². The van der Waals surface area contributed by atoms with Gasteiger partial charge in [0.1, 0.15) is 0 Å². The summed E-state index contributed by atoms with van der Waals surface area (Å²) in [6, 6.07) is 6.90. The van der Waals surface area contributed by atoms with E-state index in [2.05, 4.69) is 15.6 Å². The number of carbonyl (C=O) groups excluding carboxylic acids is 2. The molecule has 1 unspecified atom stereocenters. The number of imidazole rings is 1. The fraction of sp³-hybridized carbons (Fsp3) is 0.389. The Labute approximate surface area is 142 Å². The highest BCUT2D eigenvalue weighted by Crippen LogP contribution is 2.18. The number of benzene rings is 1. The summed E-state index contributed by atoms with van der Waals surface area (Å²) < 4.78 is 1.91. The second-order valence-corrected chi connectivity index (χ2v) is 6.92. The lowest BCUT2D eigenvalue weighted by atomic mass is 9.95. The molecule has 128 valence electrons. The van der Waals surface area contributed by atoms with Crippen LogP contribution in [0.3, 0.4) is 0 Å². The van der Waals surface area contributed by atoms with Crippen LogP contribution in [0.15, 0.2) is 43.0 Å². The topological polar surface area (TPSA) is 76.0 Å². The summed E-state index contributed by atoms with van der Waals surface area (Å²) >= 11 is 0. The third-order valence-electron chi connectivity index (χ3n) is 3.49. The smallest absolute Gasteiger partial charge is 0.251 e. The van der Waals surface area contributed by atoms with Crippen molar-refractivity contribution in [1.82, 2.24) is 14.9 Å². The molecule has 6 heteroatoms. The van der Waals surface area contributed by atoms with Gasteiger partial charge >= 0.3 is 0 Å². The molecule has 0 aliphatic heterocycles. The van der Waals surface area contributed by atoms with Crippen LogP contribution in [-0.4, -0.2) is 27.4 Å². The van der Waals surface area contributed by atoms with E-state index in [9.17, 15) is 9.59 Å². The zero-order chi connectivity index (χ0) is 17.7. The predicted octanol–water partition coefficient (Wildman–Crippen LogP) is 2.69. The van der Waals surface area contributed by atoms with Crippen LogP contribution < -0.4 is 10.6 Å². The highest BCUT2D eigenvalue weighted by atomic mass is 16.2. The Balaban J connectivity index is 1.99. The zero-order valence-corrected chi connectivity index (χ0v) is 14.5. The Morgan fingerprint density at radius 1 is 1.29 bits per heavy atom. The van der Waals surface area contributed by atoms with Crippen molar-refractivity contribution in [3.63, 3.8) is 0 Å². The largest absolute Gasteiger partial charge is 0.348 e. The van der Waals surface area contributed by atoms with Crippen molar-refractivity contribution < 1.29 is 9.59 Å². The number of aromatic nitrogens is 2. The molecule has 0 aliphatic carbocycles. The van der Waals surface area contributed by atoms with Crippen LogP contribution in [0, 0.1) is 5.41 Å². The fourth-order valence-electron chi connectivity index (χ4n) is 2.12. The third kappa shape index (κ3) is 4.94. The van der Waals surface area contributed by atoms with Crippen molar-refractivity contribution >= 4 is 17.5 Å². The lowest BCUT2D eigenvalue weighted by Gasteiger charge is -2.18. The SMILES string of the molecule is CC(Cn1ccnc1)NC(=O)c1cccc(NC(=O)C(C)(C)C)c1. The summed E-state index contributed by atoms with van der Waals surface area (Å²) in [6.07, 6.45) is 5.27. The lowest BCUT2D eigenvalue weighted by Crippen LogP contribution is -2.35. The van der Waals surface area contributed by atoms with Crippen molar-refractivity contribution in [3.8, 4) is 0 Å². The number of amides is 2. The molecule has 0 aliphatic rings. The molecule has 2 N–H and O–H groups in total. The summed E-state index contributed by atoms with van der Waals surface area (Å²) in [5, 5.41) is 5.78. The average Bonchev–Trinajstić information content (AvgIpc) is 2.99. The number of anilines is 1. The first-order chi connectivity index (χ1) is 11.3. The highest BCUT2D eigenvalue weighted by Gasteiger charge is 2.21. The number of hydrogen-bond acceptors (Lipinski definition) is 3. The molecule has 24 heavy (non-hydrogen) atoms. The van der Waals surface area contributed by atoms with Gasteiger partial charge < -0.3 is 15.2 Å². The van der Waals surface area contributed by atoms with E-state index in [1.54, 1.807) is 36.8 Å². The van der Waals surface area contributed by atoms with Crippen LogP contribution in [0.5, 0.6) is 0 Å². The Morgan fingerprint density at radius 2 is 2.04 bits per heavy atom. The molecule has 0 spiro atoms. The van der Waals surface area contributed by atoms with Crippen molar-refractivity contribution in [2.45, 2.75) is 40.3 Å². The van der Waals surface area contributed by atoms with Crippen molar-refractivity contribution in [1.29, 1.82) is 0 Å². The molecule has 2 amide bonds. The second kappa shape index (κ2) is 7.29. The highest BCUT2D eigenvalue weighted by molar-refractivity contribution is 5.98. The van der Waals surface area contributed by atoms with E-state index in [4.69, 9.17) is 0 Å². The molecule has 1 aromatic carbocycles. The van der Waals surface area contributed by atoms with Crippen LogP contribution in [0.1, 0.15) is 38.1 Å². The standard InChI is InChI=1S/C18H24N4O2/c1-13(11-22-9-8-19-12-22)20-16(23)14-6-5-7-15(10-14)21-17(24)18(2,3)4/h5-10,12-13H,11H2,1-4H3,(H,20,23)(H,21,24). The minimum atomic E-state index is -0.489. The van der Waals surface area contributed by atoms with E-state index >= 15 is 0 Å². The van der Waals surface area contributed by atoms with E-state index < -0.39 is 5.41 Å². The Kier molecular flexibility index (Phi) is 5.39. The number of rotatable bonds is 5. The molecular weight excluding hydrogens is 304 g/mol. The van der Waals surface area contributed by atoms with Gasteiger partial charge in [0.2, 0.25) is 5.91 Å². The molecule has 0 saturated carbocycles. The molecule has 1 heterocycles. The van der Waals surface area contributed by atoms with Crippen LogP contribution in [0.25, 0.3) is 0 Å². The van der Waals surface area contributed by atoms with Gasteiger partial charge in [-0.3, -0.25) is 9.59 Å². The van der Waals surface area contributed by atoms with E-state index in [0.29, 0.717) is 17.8 Å². The molecule has 1 atom stereocenters. The van der Waals surface area contributed by atoms with Crippen LogP contribution >= 0.6 is 0 Å². The molecule has 1 aromatic heterocycles. The van der Waals surface area contributed by atoms with Gasteiger partial charge in [0.05, 0.1) is 6.33 Å². The molecular formula is C18H24N4O2. The Bertz CT molecular complexity index is 702. The van der Waals surface area contributed by atoms with Gasteiger partial charge in [-0.15, -0.1) is 0 Å². The minimum absolute atomic E-state index is 0.0421. The number of nitrogens with zero attached hydrogens (tertiary/aromatic N) is 2. The summed E-state index contributed by atoms with van der Waals surface area (Å²) in [5.74, 6) is -0.261. The summed E-state index contributed by atoms with van der Waals surface area (Å²) in [7, 11) is 0. The van der Waals surface area contributed by atoms with Crippen molar-refractivity contribution in [3.05, 3.63) is 48.5 Å². The summed E-state index contributed by atoms with van der Waals surface area (Å²) in [4.78, 5) is 28.4. The second-order valence-electron chi connectivity index (χ2n) is 6.92. The lowest BCUT2D eigenvalue weighted by molar-refractivity contribution is -0.123. The first-order valence-electron chi connectivity index (χ1n) is 7.94. The zero-order valence-electron chi connectivity index (χ0n) is 14.5. The molecule has 0 radical (unpaired) electrons. The number of carbonyl (C=O) groups is 2. The van der Waals surface area contributed by atoms with Crippen LogP contribution in [-0.2, 0) is 11.3 Å². The molecule has 2 aromatic rings. The van der Waals surface area contributed by atoms with Crippen molar-refractivity contribution in [2.24, 2.45) is 5.41 Å². The normalized spacial score (nSPS) is 12.5. The first kappa shape index (κ1) is 17.7. The number of hydrogen-bond donors (Lipinski definition) is 2. The Morgan fingerprint density at radius 3 is 2.67 bits per heavy atom. The van der Waals surface area contributed by atoms with Gasteiger partial charge in [-0.05, 0) is 25.1 Å². The quantitative estimate of drug-likeness (QED) is 0.886. The maximum atomic E-state index is 12.4. The minimum Gasteiger partial charge on any atom is -0.348 e. The van der Waals surface area contributed by atoms with Gasteiger partial charge in [-0.1, -0.05) is 26.8 Å². The Hall–Kier alpha value is -2.63. The van der Waals surface area contributed by atoms with Gasteiger partial charge in [-0.25, -0.2) is 4.98 Å². The van der Waals surface area contributed by atoms with Gasteiger partial charge in [0, 0.05) is 41.6 Å². The first-order valence-corrected chi connectivity index (χ1v) is 7.94. The monoisotopic (exact) mass is 328 g/mol. The maximum Gasteiger partial charge on any atom is 0.251 e. The maximum absolute atomic E-state index is 12.4. The van der Waals surface area contributed by atoms with Crippen LogP contribution in [0.4, 0.5) is 5.69 Å². The molecule has 0 bridgehead atoms. The van der Waals surface area contributed by atoms with E-state index in [-0.39, 0.29) is 17.9 Å². The van der Waals surface area contributed by atoms with E-state index in [0.717, 1.165) is 0 Å². The van der Waals surface area contributed by atoms with Gasteiger partial charge in [0.15, 0.2) is 0 Å². The van der Waals surface area contributed by atoms with Crippen molar-refractivity contribution in [2.75, 3.05) is 5.32 Å². The average molecular weight is 328 g/mol. The third-order valence-corrected chi connectivity index (χ3v) is 3.49. The molecule has 0 saturated heterocycles. The van der Waals surface area contributed by atoms with E-state index in [1.807, 2.05) is 38.5 Å². The summed E-state index contributed by atoms with van der Waals surface area (Å²) in [5.41, 5.74) is 0.640. The molecule has 0 fully saturated rings. The van der Waals surface area contributed by atoms with Gasteiger partial charge in [0.25, 0.3) is 5.91 Å².